The maximum atomic E-state index is 13.8. The highest BCUT2D eigenvalue weighted by atomic mass is 35.5. The Labute approximate surface area is 118 Å². The second kappa shape index (κ2) is 4.31. The molecule has 1 aliphatic rings. The second-order valence-electron chi connectivity index (χ2n) is 4.35. The first-order valence-corrected chi connectivity index (χ1v) is 6.10. The molecule has 0 fully saturated rings. The Bertz CT molecular complexity index is 761. The lowest BCUT2D eigenvalue weighted by atomic mass is 10.1. The molecule has 1 aliphatic heterocycles. The molecule has 20 heavy (non-hydrogen) atoms. The summed E-state index contributed by atoms with van der Waals surface area (Å²) >= 11 is 5.79. The van der Waals surface area contributed by atoms with Gasteiger partial charge in [-0.2, -0.15) is 0 Å². The molecule has 0 spiro atoms. The van der Waals surface area contributed by atoms with Gasteiger partial charge in [-0.25, -0.2) is 9.29 Å². The topological polar surface area (TPSA) is 63.4 Å². The molecule has 2 aromatic rings. The van der Waals surface area contributed by atoms with Gasteiger partial charge in [-0.1, -0.05) is 11.6 Å². The lowest BCUT2D eigenvalue weighted by molar-refractivity contribution is 0.0925. The van der Waals surface area contributed by atoms with Gasteiger partial charge in [0, 0.05) is 10.7 Å². The Kier molecular flexibility index (Phi) is 2.72. The average Bonchev–Trinajstić information content (AvgIpc) is 2.65. The van der Waals surface area contributed by atoms with E-state index in [1.54, 1.807) is 0 Å². The molecule has 3 rings (SSSR count). The second-order valence-corrected chi connectivity index (χ2v) is 4.78. The van der Waals surface area contributed by atoms with Crippen LogP contribution in [0.3, 0.4) is 0 Å². The third kappa shape index (κ3) is 1.75. The first-order valence-electron chi connectivity index (χ1n) is 5.72. The third-order valence-corrected chi connectivity index (χ3v) is 3.29. The molecule has 0 bridgehead atoms. The van der Waals surface area contributed by atoms with Crippen LogP contribution in [0.2, 0.25) is 5.02 Å². The zero-order valence-corrected chi connectivity index (χ0v) is 10.8. The predicted octanol–water partition coefficient (Wildman–Crippen LogP) is 2.86. The van der Waals surface area contributed by atoms with E-state index in [-0.39, 0.29) is 21.8 Å². The standard InChI is InChI=1S/C14H8ClFN2O2/c15-7-1-4-11(16)12(5-7)18-13(19)9-3-2-8(17)6-10(9)14(18)20/h1-6H,17H2. The number of hydrogen-bond acceptors (Lipinski definition) is 3. The molecule has 0 aromatic heterocycles. The molecule has 0 saturated heterocycles. The summed E-state index contributed by atoms with van der Waals surface area (Å²) in [5.74, 6) is -1.90. The van der Waals surface area contributed by atoms with Gasteiger partial charge >= 0.3 is 0 Å². The van der Waals surface area contributed by atoms with Gasteiger partial charge in [0.2, 0.25) is 0 Å². The van der Waals surface area contributed by atoms with Crippen molar-refractivity contribution in [3.63, 3.8) is 0 Å². The SMILES string of the molecule is Nc1ccc2c(c1)C(=O)N(c1cc(Cl)ccc1F)C2=O. The quantitative estimate of drug-likeness (QED) is 0.649. The number of halogens is 2. The molecule has 100 valence electrons. The Balaban J connectivity index is 2.16. The van der Waals surface area contributed by atoms with E-state index < -0.39 is 17.6 Å². The number of fused-ring (bicyclic) bond motifs is 1. The van der Waals surface area contributed by atoms with Crippen molar-refractivity contribution >= 4 is 34.8 Å². The third-order valence-electron chi connectivity index (χ3n) is 3.06. The highest BCUT2D eigenvalue weighted by molar-refractivity contribution is 6.35. The van der Waals surface area contributed by atoms with Crippen molar-refractivity contribution in [3.05, 3.63) is 58.4 Å². The van der Waals surface area contributed by atoms with Crippen LogP contribution >= 0.6 is 11.6 Å². The van der Waals surface area contributed by atoms with Gasteiger partial charge in [0.1, 0.15) is 5.82 Å². The molecule has 2 amide bonds. The molecule has 2 aromatic carbocycles. The molecule has 2 N–H and O–H groups in total. The largest absolute Gasteiger partial charge is 0.399 e. The number of nitrogen functional groups attached to an aromatic ring is 1. The zero-order valence-electron chi connectivity index (χ0n) is 10.1. The molecule has 1 heterocycles. The maximum absolute atomic E-state index is 13.8. The van der Waals surface area contributed by atoms with E-state index >= 15 is 0 Å². The van der Waals surface area contributed by atoms with E-state index in [2.05, 4.69) is 0 Å². The van der Waals surface area contributed by atoms with Crippen LogP contribution in [0.25, 0.3) is 0 Å². The Hall–Kier alpha value is -2.40. The summed E-state index contributed by atoms with van der Waals surface area (Å²) in [6, 6.07) is 8.06. The fourth-order valence-electron chi connectivity index (χ4n) is 2.13. The lowest BCUT2D eigenvalue weighted by Crippen LogP contribution is -2.30. The zero-order chi connectivity index (χ0) is 14.4. The highest BCUT2D eigenvalue weighted by Crippen LogP contribution is 2.32. The number of carbonyl (C=O) groups excluding carboxylic acids is 2. The van der Waals surface area contributed by atoms with Crippen molar-refractivity contribution in [1.82, 2.24) is 0 Å². The van der Waals surface area contributed by atoms with Crippen molar-refractivity contribution in [2.75, 3.05) is 10.6 Å². The molecule has 0 unspecified atom stereocenters. The highest BCUT2D eigenvalue weighted by Gasteiger charge is 2.38. The lowest BCUT2D eigenvalue weighted by Gasteiger charge is -2.14. The van der Waals surface area contributed by atoms with Crippen molar-refractivity contribution in [2.45, 2.75) is 0 Å². The molecular weight excluding hydrogens is 283 g/mol. The van der Waals surface area contributed by atoms with Crippen LogP contribution in [0.4, 0.5) is 15.8 Å². The summed E-state index contributed by atoms with van der Waals surface area (Å²) in [5.41, 5.74) is 6.15. The van der Waals surface area contributed by atoms with Crippen LogP contribution in [-0.4, -0.2) is 11.8 Å². The summed E-state index contributed by atoms with van der Waals surface area (Å²) in [6.07, 6.45) is 0. The smallest absolute Gasteiger partial charge is 0.266 e. The van der Waals surface area contributed by atoms with Gasteiger partial charge in [0.05, 0.1) is 16.8 Å². The van der Waals surface area contributed by atoms with Gasteiger partial charge in [-0.05, 0) is 36.4 Å². The number of carbonyl (C=O) groups is 2. The van der Waals surface area contributed by atoms with Crippen molar-refractivity contribution in [3.8, 4) is 0 Å². The van der Waals surface area contributed by atoms with Crippen molar-refractivity contribution in [1.29, 1.82) is 0 Å². The number of amides is 2. The summed E-state index contributed by atoms with van der Waals surface area (Å²) in [4.78, 5) is 25.3. The number of imide groups is 1. The molecule has 0 saturated carbocycles. The van der Waals surface area contributed by atoms with Crippen molar-refractivity contribution < 1.29 is 14.0 Å². The maximum Gasteiger partial charge on any atom is 0.266 e. The number of benzene rings is 2. The molecule has 0 aliphatic carbocycles. The fourth-order valence-corrected chi connectivity index (χ4v) is 2.30. The first kappa shape index (κ1) is 12.6. The first-order chi connectivity index (χ1) is 9.49. The number of anilines is 2. The molecular formula is C14H8ClFN2O2. The molecule has 4 nitrogen and oxygen atoms in total. The van der Waals surface area contributed by atoms with Crippen LogP contribution in [0, 0.1) is 5.82 Å². The van der Waals surface area contributed by atoms with E-state index in [9.17, 15) is 14.0 Å². The predicted molar refractivity (Wildman–Crippen MR) is 73.4 cm³/mol. The Morgan fingerprint density at radius 1 is 1.00 bits per heavy atom. The normalized spacial score (nSPS) is 13.8. The molecule has 0 radical (unpaired) electrons. The van der Waals surface area contributed by atoms with Gasteiger partial charge < -0.3 is 5.73 Å². The van der Waals surface area contributed by atoms with Crippen LogP contribution < -0.4 is 10.6 Å². The number of hydrogen-bond donors (Lipinski definition) is 1. The summed E-state index contributed by atoms with van der Waals surface area (Å²) in [6.45, 7) is 0. The fraction of sp³-hybridized carbons (Fsp3) is 0. The Morgan fingerprint density at radius 3 is 2.45 bits per heavy atom. The van der Waals surface area contributed by atoms with Crippen LogP contribution in [0.15, 0.2) is 36.4 Å². The van der Waals surface area contributed by atoms with E-state index in [1.807, 2.05) is 0 Å². The molecule has 6 heteroatoms. The van der Waals surface area contributed by atoms with E-state index in [0.717, 1.165) is 11.0 Å². The minimum atomic E-state index is -0.697. The van der Waals surface area contributed by atoms with Gasteiger partial charge in [0.15, 0.2) is 0 Å². The summed E-state index contributed by atoms with van der Waals surface area (Å²) in [7, 11) is 0. The monoisotopic (exact) mass is 290 g/mol. The van der Waals surface area contributed by atoms with Crippen molar-refractivity contribution in [2.24, 2.45) is 0 Å². The minimum Gasteiger partial charge on any atom is -0.399 e. The summed E-state index contributed by atoms with van der Waals surface area (Å²) < 4.78 is 13.8. The number of nitrogens with zero attached hydrogens (tertiary/aromatic N) is 1. The van der Waals surface area contributed by atoms with Gasteiger partial charge in [0.25, 0.3) is 11.8 Å². The van der Waals surface area contributed by atoms with Crippen LogP contribution in [0.1, 0.15) is 20.7 Å². The number of nitrogens with two attached hydrogens (primary N) is 1. The Morgan fingerprint density at radius 2 is 1.70 bits per heavy atom. The van der Waals surface area contributed by atoms with E-state index in [4.69, 9.17) is 17.3 Å². The van der Waals surface area contributed by atoms with E-state index in [1.165, 1.54) is 30.3 Å². The van der Waals surface area contributed by atoms with Crippen LogP contribution in [-0.2, 0) is 0 Å². The van der Waals surface area contributed by atoms with Gasteiger partial charge in [-0.3, -0.25) is 9.59 Å². The molecule has 0 atom stereocenters. The minimum absolute atomic E-state index is 0.161. The average molecular weight is 291 g/mol. The van der Waals surface area contributed by atoms with E-state index in [0.29, 0.717) is 5.69 Å². The van der Waals surface area contributed by atoms with Gasteiger partial charge in [-0.15, -0.1) is 0 Å². The van der Waals surface area contributed by atoms with Crippen LogP contribution in [0.5, 0.6) is 0 Å². The number of rotatable bonds is 1. The summed E-state index contributed by atoms with van der Waals surface area (Å²) in [5, 5.41) is 0.234.